The predicted octanol–water partition coefficient (Wildman–Crippen LogP) is 5.22. The average Bonchev–Trinajstić information content (AvgIpc) is 2.40. The summed E-state index contributed by atoms with van der Waals surface area (Å²) in [6.45, 7) is 0. The first-order valence-corrected chi connectivity index (χ1v) is 7.49. The molecule has 0 bridgehead atoms. The van der Waals surface area contributed by atoms with Gasteiger partial charge in [0.2, 0.25) is 0 Å². The predicted molar refractivity (Wildman–Crippen MR) is 79.8 cm³/mol. The Labute approximate surface area is 129 Å². The van der Waals surface area contributed by atoms with Crippen LogP contribution in [0.3, 0.4) is 0 Å². The lowest BCUT2D eigenvalue weighted by molar-refractivity contribution is 0.370. The Morgan fingerprint density at radius 2 is 1.76 bits per heavy atom. The third-order valence-corrected chi connectivity index (χ3v) is 4.56. The maximum Gasteiger partial charge on any atom is 0.182 e. The van der Waals surface area contributed by atoms with Crippen molar-refractivity contribution < 1.29 is 13.2 Å². The zero-order chi connectivity index (χ0) is 15.0. The summed E-state index contributed by atoms with van der Waals surface area (Å²) >= 11 is 3.51. The summed E-state index contributed by atoms with van der Waals surface area (Å²) in [5, 5.41) is 2.88. The molecule has 1 N–H and O–H groups in total. The lowest BCUT2D eigenvalue weighted by Gasteiger charge is -2.37. The Hall–Kier alpha value is -1.49. The normalized spacial score (nSPS) is 21.0. The molecule has 5 heteroatoms. The molecule has 0 radical (unpaired) electrons. The molecule has 3 rings (SSSR count). The Morgan fingerprint density at radius 1 is 1.05 bits per heavy atom. The summed E-state index contributed by atoms with van der Waals surface area (Å²) in [6.07, 6.45) is 1.61. The Morgan fingerprint density at radius 3 is 2.48 bits per heavy atom. The van der Waals surface area contributed by atoms with Crippen LogP contribution >= 0.6 is 15.9 Å². The van der Waals surface area contributed by atoms with Crippen LogP contribution in [0.4, 0.5) is 18.9 Å². The molecular formula is C16H13BrF3N. The molecule has 2 aromatic carbocycles. The number of anilines is 1. The lowest BCUT2D eigenvalue weighted by Crippen LogP contribution is -2.34. The monoisotopic (exact) mass is 355 g/mol. The van der Waals surface area contributed by atoms with Gasteiger partial charge in [-0.05, 0) is 30.4 Å². The first kappa shape index (κ1) is 14.4. The number of hydrogen-bond acceptors (Lipinski definition) is 1. The first-order chi connectivity index (χ1) is 10.0. The van der Waals surface area contributed by atoms with Gasteiger partial charge in [-0.2, -0.15) is 0 Å². The van der Waals surface area contributed by atoms with Gasteiger partial charge >= 0.3 is 0 Å². The molecule has 1 saturated carbocycles. The van der Waals surface area contributed by atoms with E-state index in [9.17, 15) is 13.2 Å². The van der Waals surface area contributed by atoms with Gasteiger partial charge in [-0.1, -0.05) is 34.1 Å². The van der Waals surface area contributed by atoms with Crippen LogP contribution in [0.1, 0.15) is 24.3 Å². The fourth-order valence-corrected chi connectivity index (χ4v) is 3.29. The first-order valence-electron chi connectivity index (χ1n) is 6.70. The van der Waals surface area contributed by atoms with Gasteiger partial charge in [-0.25, -0.2) is 13.2 Å². The van der Waals surface area contributed by atoms with Gasteiger partial charge in [0, 0.05) is 22.6 Å². The highest BCUT2D eigenvalue weighted by Gasteiger charge is 2.32. The largest absolute Gasteiger partial charge is 0.380 e. The van der Waals surface area contributed by atoms with Gasteiger partial charge in [0.1, 0.15) is 5.82 Å². The van der Waals surface area contributed by atoms with Crippen LogP contribution in [0.15, 0.2) is 40.9 Å². The number of hydrogen-bond donors (Lipinski definition) is 1. The minimum atomic E-state index is -1.17. The molecule has 0 aromatic heterocycles. The molecule has 1 aliphatic rings. The molecule has 0 unspecified atom stereocenters. The van der Waals surface area contributed by atoms with Crippen LogP contribution < -0.4 is 5.32 Å². The molecule has 2 aromatic rings. The van der Waals surface area contributed by atoms with Crippen LogP contribution in [0, 0.1) is 17.5 Å². The highest BCUT2D eigenvalue weighted by atomic mass is 79.9. The van der Waals surface area contributed by atoms with Gasteiger partial charge < -0.3 is 5.32 Å². The number of nitrogens with one attached hydrogen (secondary N) is 1. The van der Waals surface area contributed by atoms with Crippen molar-refractivity contribution in [3.63, 3.8) is 0 Å². The topological polar surface area (TPSA) is 12.0 Å². The molecule has 1 nitrogen and oxygen atoms in total. The van der Waals surface area contributed by atoms with Crippen molar-refractivity contribution in [1.82, 2.24) is 0 Å². The zero-order valence-corrected chi connectivity index (χ0v) is 12.6. The molecule has 0 atom stereocenters. The van der Waals surface area contributed by atoms with Crippen molar-refractivity contribution in [1.29, 1.82) is 0 Å². The Kier molecular flexibility index (Phi) is 3.93. The van der Waals surface area contributed by atoms with E-state index in [1.807, 2.05) is 24.3 Å². The highest BCUT2D eigenvalue weighted by Crippen LogP contribution is 2.41. The fraction of sp³-hybridized carbons (Fsp3) is 0.250. The van der Waals surface area contributed by atoms with Gasteiger partial charge in [-0.3, -0.25) is 0 Å². The third kappa shape index (κ3) is 2.93. The van der Waals surface area contributed by atoms with Crippen LogP contribution in [0.5, 0.6) is 0 Å². The Balaban J connectivity index is 1.67. The molecule has 110 valence electrons. The van der Waals surface area contributed by atoms with E-state index in [0.717, 1.165) is 23.4 Å². The van der Waals surface area contributed by atoms with E-state index in [0.29, 0.717) is 12.0 Å². The number of halogens is 4. The van der Waals surface area contributed by atoms with Crippen molar-refractivity contribution in [2.45, 2.75) is 24.8 Å². The Bertz CT molecular complexity index is 669. The van der Waals surface area contributed by atoms with Crippen LogP contribution in [0.25, 0.3) is 0 Å². The van der Waals surface area contributed by atoms with Crippen molar-refractivity contribution >= 4 is 21.6 Å². The minimum Gasteiger partial charge on any atom is -0.380 e. The summed E-state index contributed by atoms with van der Waals surface area (Å²) in [7, 11) is 0. The summed E-state index contributed by atoms with van der Waals surface area (Å²) in [6, 6.07) is 9.52. The fourth-order valence-electron chi connectivity index (χ4n) is 2.68. The van der Waals surface area contributed by atoms with Gasteiger partial charge in [-0.15, -0.1) is 0 Å². The van der Waals surface area contributed by atoms with E-state index in [4.69, 9.17) is 0 Å². The SMILES string of the molecule is Fc1cc(F)c(F)c(NC2CC(c3ccccc3Br)C2)c1. The molecule has 1 aliphatic carbocycles. The third-order valence-electron chi connectivity index (χ3n) is 3.84. The van der Waals surface area contributed by atoms with Crippen LogP contribution in [0.2, 0.25) is 0 Å². The highest BCUT2D eigenvalue weighted by molar-refractivity contribution is 9.10. The molecule has 0 heterocycles. The summed E-state index contributed by atoms with van der Waals surface area (Å²) in [5.74, 6) is -2.60. The molecule has 0 amide bonds. The van der Waals surface area contributed by atoms with Crippen molar-refractivity contribution in [3.05, 3.63) is 63.9 Å². The second-order valence-electron chi connectivity index (χ2n) is 5.28. The maximum atomic E-state index is 13.6. The lowest BCUT2D eigenvalue weighted by atomic mass is 9.76. The molecule has 0 saturated heterocycles. The molecule has 0 spiro atoms. The van der Waals surface area contributed by atoms with Crippen molar-refractivity contribution in [2.75, 3.05) is 5.32 Å². The summed E-state index contributed by atoms with van der Waals surface area (Å²) in [5.41, 5.74) is 1.10. The van der Waals surface area contributed by atoms with E-state index in [-0.39, 0.29) is 11.7 Å². The van der Waals surface area contributed by atoms with Gasteiger partial charge in [0.25, 0.3) is 0 Å². The molecule has 21 heavy (non-hydrogen) atoms. The van der Waals surface area contributed by atoms with E-state index in [2.05, 4.69) is 21.2 Å². The van der Waals surface area contributed by atoms with E-state index in [1.54, 1.807) is 0 Å². The van der Waals surface area contributed by atoms with Crippen LogP contribution in [-0.4, -0.2) is 6.04 Å². The van der Waals surface area contributed by atoms with Crippen LogP contribution in [-0.2, 0) is 0 Å². The van der Waals surface area contributed by atoms with Crippen molar-refractivity contribution in [3.8, 4) is 0 Å². The van der Waals surface area contributed by atoms with E-state index in [1.165, 1.54) is 5.56 Å². The second-order valence-corrected chi connectivity index (χ2v) is 6.13. The smallest absolute Gasteiger partial charge is 0.182 e. The number of benzene rings is 2. The average molecular weight is 356 g/mol. The maximum absolute atomic E-state index is 13.6. The van der Waals surface area contributed by atoms with E-state index < -0.39 is 17.5 Å². The van der Waals surface area contributed by atoms with Gasteiger partial charge in [0.05, 0.1) is 5.69 Å². The van der Waals surface area contributed by atoms with E-state index >= 15 is 0 Å². The zero-order valence-electron chi connectivity index (χ0n) is 11.0. The molecule has 0 aliphatic heterocycles. The molecular weight excluding hydrogens is 343 g/mol. The van der Waals surface area contributed by atoms with Gasteiger partial charge in [0.15, 0.2) is 11.6 Å². The molecule has 1 fully saturated rings. The second kappa shape index (κ2) is 5.72. The summed E-state index contributed by atoms with van der Waals surface area (Å²) in [4.78, 5) is 0. The van der Waals surface area contributed by atoms with Crippen molar-refractivity contribution in [2.24, 2.45) is 0 Å². The standard InChI is InChI=1S/C16H13BrF3N/c17-13-4-2-1-3-12(13)9-5-11(6-9)21-15-8-10(18)7-14(19)16(15)20/h1-4,7-9,11,21H,5-6H2. The quantitative estimate of drug-likeness (QED) is 0.743. The number of rotatable bonds is 3. The minimum absolute atomic E-state index is 0.0257. The summed E-state index contributed by atoms with van der Waals surface area (Å²) < 4.78 is 40.9.